The molecule has 2 aromatic rings. The van der Waals surface area contributed by atoms with Crippen LogP contribution in [0.3, 0.4) is 0 Å². The summed E-state index contributed by atoms with van der Waals surface area (Å²) < 4.78 is 5.40. The highest BCUT2D eigenvalue weighted by Gasteiger charge is 2.13. The fourth-order valence-electron chi connectivity index (χ4n) is 2.81. The fourth-order valence-corrected chi connectivity index (χ4v) is 3.63. The number of aryl methyl sites for hydroxylation is 1. The van der Waals surface area contributed by atoms with Gasteiger partial charge in [0.25, 0.3) is 0 Å². The molecule has 0 unspecified atom stereocenters. The Kier molecular flexibility index (Phi) is 7.15. The Bertz CT molecular complexity index is 805. The lowest BCUT2D eigenvalue weighted by Crippen LogP contribution is -2.36. The molecule has 1 aliphatic heterocycles. The molecule has 0 atom stereocenters. The Labute approximate surface area is 168 Å². The first-order valence-corrected chi connectivity index (χ1v) is 10.1. The van der Waals surface area contributed by atoms with Crippen LogP contribution in [0.4, 0.5) is 5.69 Å². The van der Waals surface area contributed by atoms with E-state index in [1.165, 1.54) is 23.0 Å². The average molecular weight is 404 g/mol. The molecule has 5 nitrogen and oxygen atoms in total. The summed E-state index contributed by atoms with van der Waals surface area (Å²) in [4.78, 5) is 15.2. The quantitative estimate of drug-likeness (QED) is 0.453. The zero-order chi connectivity index (χ0) is 19.1. The van der Waals surface area contributed by atoms with Gasteiger partial charge >= 0.3 is 0 Å². The first-order chi connectivity index (χ1) is 13.1. The van der Waals surface area contributed by atoms with Crippen molar-refractivity contribution in [1.29, 1.82) is 0 Å². The minimum Gasteiger partial charge on any atom is -0.378 e. The molecule has 7 heteroatoms. The maximum Gasteiger partial charge on any atom is 0.250 e. The van der Waals surface area contributed by atoms with Crippen LogP contribution in [-0.2, 0) is 9.53 Å². The topological polar surface area (TPSA) is 53.9 Å². The van der Waals surface area contributed by atoms with Crippen molar-refractivity contribution in [3.05, 3.63) is 58.6 Å². The van der Waals surface area contributed by atoms with Crippen LogP contribution in [0, 0.1) is 6.92 Å². The second-order valence-electron chi connectivity index (χ2n) is 6.18. The maximum absolute atomic E-state index is 11.9. The highest BCUT2D eigenvalue weighted by Crippen LogP contribution is 2.22. The number of halogens is 1. The van der Waals surface area contributed by atoms with Crippen molar-refractivity contribution < 1.29 is 9.53 Å². The van der Waals surface area contributed by atoms with Gasteiger partial charge in [-0.3, -0.25) is 4.79 Å². The van der Waals surface area contributed by atoms with Gasteiger partial charge in [-0.25, -0.2) is 5.43 Å². The summed E-state index contributed by atoms with van der Waals surface area (Å²) in [5, 5.41) is 4.74. The average Bonchev–Trinajstić information content (AvgIpc) is 2.68. The molecular formula is C20H22ClN3O2S. The summed E-state index contributed by atoms with van der Waals surface area (Å²) in [7, 11) is 0. The molecule has 27 heavy (non-hydrogen) atoms. The van der Waals surface area contributed by atoms with E-state index in [2.05, 4.69) is 34.5 Å². The molecule has 1 fully saturated rings. The molecule has 1 heterocycles. The molecule has 1 aliphatic rings. The van der Waals surface area contributed by atoms with E-state index >= 15 is 0 Å². The molecule has 1 amide bonds. The Balaban J connectivity index is 1.49. The molecule has 0 aromatic heterocycles. The molecule has 2 aromatic carbocycles. The van der Waals surface area contributed by atoms with Crippen molar-refractivity contribution in [3.8, 4) is 0 Å². The molecule has 1 N–H and O–H groups in total. The third-order valence-corrected chi connectivity index (χ3v) is 5.42. The highest BCUT2D eigenvalue weighted by atomic mass is 35.5. The van der Waals surface area contributed by atoms with Crippen molar-refractivity contribution in [3.63, 3.8) is 0 Å². The van der Waals surface area contributed by atoms with Crippen LogP contribution in [0.5, 0.6) is 0 Å². The summed E-state index contributed by atoms with van der Waals surface area (Å²) >= 11 is 7.29. The summed E-state index contributed by atoms with van der Waals surface area (Å²) in [6.07, 6.45) is 1.67. The van der Waals surface area contributed by atoms with Crippen molar-refractivity contribution in [1.82, 2.24) is 5.43 Å². The first-order valence-electron chi connectivity index (χ1n) is 8.75. The fraction of sp³-hybridized carbons (Fsp3) is 0.300. The third kappa shape index (κ3) is 5.99. The Morgan fingerprint density at radius 2 is 2.00 bits per heavy atom. The van der Waals surface area contributed by atoms with Gasteiger partial charge in [-0.15, -0.1) is 11.8 Å². The molecule has 0 saturated carbocycles. The van der Waals surface area contributed by atoms with Gasteiger partial charge in [0.2, 0.25) is 5.91 Å². The predicted octanol–water partition coefficient (Wildman–Crippen LogP) is 3.73. The van der Waals surface area contributed by atoms with Crippen molar-refractivity contribution in [2.75, 3.05) is 37.0 Å². The lowest BCUT2D eigenvalue weighted by molar-refractivity contribution is -0.118. The van der Waals surface area contributed by atoms with Crippen LogP contribution in [0.25, 0.3) is 0 Å². The normalized spacial score (nSPS) is 14.5. The molecule has 0 bridgehead atoms. The summed E-state index contributed by atoms with van der Waals surface area (Å²) in [5.74, 6) is 0.154. The van der Waals surface area contributed by atoms with Gasteiger partial charge in [-0.1, -0.05) is 17.7 Å². The van der Waals surface area contributed by atoms with Crippen molar-refractivity contribution >= 4 is 41.2 Å². The second-order valence-corrected chi connectivity index (χ2v) is 7.67. The molecule has 0 spiro atoms. The van der Waals surface area contributed by atoms with Gasteiger partial charge in [0, 0.05) is 28.7 Å². The predicted molar refractivity (Wildman–Crippen MR) is 112 cm³/mol. The standard InChI is InChI=1S/C20H22ClN3O2S/c1-15-12-16(2-7-19(15)24-8-10-26-11-9-24)13-22-23-20(25)14-27-18-5-3-17(21)4-6-18/h2-7,12-13H,8-11,14H2,1H3,(H,23,25)/b22-13-. The van der Waals surface area contributed by atoms with E-state index in [0.717, 1.165) is 36.8 Å². The Morgan fingerprint density at radius 3 is 2.70 bits per heavy atom. The summed E-state index contributed by atoms with van der Waals surface area (Å²) in [6, 6.07) is 13.6. The molecule has 142 valence electrons. The number of ether oxygens (including phenoxy) is 1. The zero-order valence-electron chi connectivity index (χ0n) is 15.2. The number of hydrogen-bond acceptors (Lipinski definition) is 5. The zero-order valence-corrected chi connectivity index (χ0v) is 16.7. The Hall–Kier alpha value is -2.02. The number of carbonyl (C=O) groups excluding carboxylic acids is 1. The van der Waals surface area contributed by atoms with E-state index < -0.39 is 0 Å². The maximum atomic E-state index is 11.9. The van der Waals surface area contributed by atoms with Crippen molar-refractivity contribution in [2.24, 2.45) is 5.10 Å². The summed E-state index contributed by atoms with van der Waals surface area (Å²) in [6.45, 7) is 5.44. The molecule has 1 saturated heterocycles. The lowest BCUT2D eigenvalue weighted by atomic mass is 10.1. The molecular weight excluding hydrogens is 382 g/mol. The molecule has 3 rings (SSSR count). The van der Waals surface area contributed by atoms with Crippen molar-refractivity contribution in [2.45, 2.75) is 11.8 Å². The van der Waals surface area contributed by atoms with E-state index in [-0.39, 0.29) is 5.91 Å². The van der Waals surface area contributed by atoms with Crippen LogP contribution < -0.4 is 10.3 Å². The SMILES string of the molecule is Cc1cc(/C=N\NC(=O)CSc2ccc(Cl)cc2)ccc1N1CCOCC1. The largest absolute Gasteiger partial charge is 0.378 e. The van der Waals surface area contributed by atoms with Gasteiger partial charge in [0.1, 0.15) is 0 Å². The second kappa shape index (κ2) is 9.78. The smallest absolute Gasteiger partial charge is 0.250 e. The third-order valence-electron chi connectivity index (χ3n) is 4.16. The van der Waals surface area contributed by atoms with Gasteiger partial charge in [0.15, 0.2) is 0 Å². The number of thioether (sulfide) groups is 1. The van der Waals surface area contributed by atoms with Crippen LogP contribution in [-0.4, -0.2) is 44.2 Å². The lowest BCUT2D eigenvalue weighted by Gasteiger charge is -2.30. The van der Waals surface area contributed by atoms with Gasteiger partial charge in [0.05, 0.1) is 25.2 Å². The number of hydrazone groups is 1. The van der Waals surface area contributed by atoms with Crippen LogP contribution in [0.1, 0.15) is 11.1 Å². The van der Waals surface area contributed by atoms with E-state index in [1.807, 2.05) is 30.3 Å². The number of benzene rings is 2. The van der Waals surface area contributed by atoms with Gasteiger partial charge in [-0.05, 0) is 54.4 Å². The van der Waals surface area contributed by atoms with E-state index in [4.69, 9.17) is 16.3 Å². The monoisotopic (exact) mass is 403 g/mol. The molecule has 0 aliphatic carbocycles. The van der Waals surface area contributed by atoms with E-state index in [0.29, 0.717) is 10.8 Å². The number of nitrogens with zero attached hydrogens (tertiary/aromatic N) is 2. The minimum atomic E-state index is -0.146. The Morgan fingerprint density at radius 1 is 1.26 bits per heavy atom. The van der Waals surface area contributed by atoms with E-state index in [1.54, 1.807) is 6.21 Å². The molecule has 0 radical (unpaired) electrons. The van der Waals surface area contributed by atoms with Crippen LogP contribution >= 0.6 is 23.4 Å². The number of nitrogens with one attached hydrogen (secondary N) is 1. The number of anilines is 1. The van der Waals surface area contributed by atoms with E-state index in [9.17, 15) is 4.79 Å². The number of morpholine rings is 1. The number of carbonyl (C=O) groups is 1. The van der Waals surface area contributed by atoms with Gasteiger partial charge in [-0.2, -0.15) is 5.10 Å². The number of rotatable bonds is 6. The van der Waals surface area contributed by atoms with Crippen LogP contribution in [0.15, 0.2) is 52.5 Å². The highest BCUT2D eigenvalue weighted by molar-refractivity contribution is 8.00. The van der Waals surface area contributed by atoms with Gasteiger partial charge < -0.3 is 9.64 Å². The van der Waals surface area contributed by atoms with Crippen LogP contribution in [0.2, 0.25) is 5.02 Å². The first kappa shape index (κ1) is 19.7. The minimum absolute atomic E-state index is 0.146. The number of amides is 1. The summed E-state index contributed by atoms with van der Waals surface area (Å²) in [5.41, 5.74) is 5.93. The number of hydrogen-bond donors (Lipinski definition) is 1.